The van der Waals surface area contributed by atoms with E-state index in [9.17, 15) is 5.11 Å². The Morgan fingerprint density at radius 2 is 1.83 bits per heavy atom. The monoisotopic (exact) mass is 260 g/mol. The molecule has 0 bridgehead atoms. The lowest BCUT2D eigenvalue weighted by Gasteiger charge is -2.11. The van der Waals surface area contributed by atoms with Gasteiger partial charge in [0.05, 0.1) is 6.10 Å². The summed E-state index contributed by atoms with van der Waals surface area (Å²) in [6.45, 7) is 2.10. The summed E-state index contributed by atoms with van der Waals surface area (Å²) in [6, 6.07) is 16.6. The summed E-state index contributed by atoms with van der Waals surface area (Å²) >= 11 is 5.62. The van der Waals surface area contributed by atoms with Gasteiger partial charge in [0, 0.05) is 5.88 Å². The molecule has 0 aromatic heterocycles. The molecule has 1 unspecified atom stereocenters. The van der Waals surface area contributed by atoms with Crippen LogP contribution in [0.25, 0.3) is 11.1 Å². The van der Waals surface area contributed by atoms with E-state index >= 15 is 0 Å². The van der Waals surface area contributed by atoms with E-state index in [4.69, 9.17) is 11.6 Å². The van der Waals surface area contributed by atoms with E-state index in [1.165, 1.54) is 16.7 Å². The Balaban J connectivity index is 2.26. The predicted octanol–water partition coefficient (Wildman–Crippen LogP) is 3.80. The first-order chi connectivity index (χ1) is 8.70. The van der Waals surface area contributed by atoms with Crippen molar-refractivity contribution in [1.29, 1.82) is 0 Å². The van der Waals surface area contributed by atoms with E-state index in [-0.39, 0.29) is 5.88 Å². The minimum absolute atomic E-state index is 0.277. The molecule has 18 heavy (non-hydrogen) atoms. The van der Waals surface area contributed by atoms with Gasteiger partial charge in [0.2, 0.25) is 0 Å². The van der Waals surface area contributed by atoms with Gasteiger partial charge in [-0.2, -0.15) is 0 Å². The predicted molar refractivity (Wildman–Crippen MR) is 77.0 cm³/mol. The van der Waals surface area contributed by atoms with Crippen molar-refractivity contribution in [2.24, 2.45) is 0 Å². The Kier molecular flexibility index (Phi) is 4.40. The maximum absolute atomic E-state index is 9.56. The molecule has 0 aliphatic heterocycles. The zero-order valence-corrected chi connectivity index (χ0v) is 11.2. The molecule has 0 heterocycles. The molecule has 2 rings (SSSR count). The number of benzene rings is 2. The molecular weight excluding hydrogens is 244 g/mol. The van der Waals surface area contributed by atoms with Gasteiger partial charge in [-0.25, -0.2) is 0 Å². The topological polar surface area (TPSA) is 20.2 Å². The molecule has 1 atom stereocenters. The Labute approximate surface area is 113 Å². The molecule has 0 saturated carbocycles. The fourth-order valence-corrected chi connectivity index (χ4v) is 2.23. The summed E-state index contributed by atoms with van der Waals surface area (Å²) in [4.78, 5) is 0. The van der Waals surface area contributed by atoms with Crippen molar-refractivity contribution >= 4 is 11.6 Å². The molecule has 2 heteroatoms. The summed E-state index contributed by atoms with van der Waals surface area (Å²) in [7, 11) is 0. The van der Waals surface area contributed by atoms with Crippen molar-refractivity contribution in [2.75, 3.05) is 5.88 Å². The van der Waals surface area contributed by atoms with Gasteiger partial charge in [0.25, 0.3) is 0 Å². The number of hydrogen-bond donors (Lipinski definition) is 1. The standard InChI is InChI=1S/C16H17ClO/c1-12-9-13(10-15(18)11-17)7-8-16(12)14-5-3-2-4-6-14/h2-9,15,18H,10-11H2,1H3. The molecule has 94 valence electrons. The molecule has 2 aromatic carbocycles. The van der Waals surface area contributed by atoms with Gasteiger partial charge in [-0.1, -0.05) is 48.5 Å². The first-order valence-corrected chi connectivity index (χ1v) is 6.63. The molecule has 1 N–H and O–H groups in total. The van der Waals surface area contributed by atoms with E-state index in [0.29, 0.717) is 6.42 Å². The minimum atomic E-state index is -0.464. The molecular formula is C16H17ClO. The van der Waals surface area contributed by atoms with Crippen LogP contribution in [0.15, 0.2) is 48.5 Å². The SMILES string of the molecule is Cc1cc(CC(O)CCl)ccc1-c1ccccc1. The van der Waals surface area contributed by atoms with Crippen LogP contribution in [0.5, 0.6) is 0 Å². The third-order valence-corrected chi connectivity index (χ3v) is 3.38. The van der Waals surface area contributed by atoms with Crippen molar-refractivity contribution in [3.05, 3.63) is 59.7 Å². The molecule has 1 nitrogen and oxygen atoms in total. The third kappa shape index (κ3) is 3.12. The number of rotatable bonds is 4. The highest BCUT2D eigenvalue weighted by Gasteiger charge is 2.06. The van der Waals surface area contributed by atoms with Crippen LogP contribution in [0, 0.1) is 6.92 Å². The van der Waals surface area contributed by atoms with Crippen molar-refractivity contribution in [3.8, 4) is 11.1 Å². The maximum Gasteiger partial charge on any atom is 0.0715 e. The molecule has 0 spiro atoms. The van der Waals surface area contributed by atoms with Crippen LogP contribution in [0.2, 0.25) is 0 Å². The third-order valence-electron chi connectivity index (χ3n) is 3.03. The Morgan fingerprint density at radius 1 is 1.11 bits per heavy atom. The highest BCUT2D eigenvalue weighted by atomic mass is 35.5. The Hall–Kier alpha value is -1.31. The zero-order chi connectivity index (χ0) is 13.0. The zero-order valence-electron chi connectivity index (χ0n) is 10.4. The molecule has 0 radical (unpaired) electrons. The molecule has 0 aliphatic rings. The summed E-state index contributed by atoms with van der Waals surface area (Å²) in [5, 5.41) is 9.56. The smallest absolute Gasteiger partial charge is 0.0715 e. The number of aliphatic hydroxyl groups is 1. The van der Waals surface area contributed by atoms with E-state index in [1.54, 1.807) is 0 Å². The second-order valence-electron chi connectivity index (χ2n) is 4.53. The maximum atomic E-state index is 9.56. The number of halogens is 1. The summed E-state index contributed by atoms with van der Waals surface area (Å²) in [5.41, 5.74) is 4.81. The fourth-order valence-electron chi connectivity index (χ4n) is 2.12. The molecule has 0 saturated heterocycles. The molecule has 0 aliphatic carbocycles. The van der Waals surface area contributed by atoms with Gasteiger partial charge in [-0.15, -0.1) is 11.6 Å². The average Bonchev–Trinajstić information content (AvgIpc) is 2.40. The van der Waals surface area contributed by atoms with Gasteiger partial charge < -0.3 is 5.11 Å². The number of hydrogen-bond acceptors (Lipinski definition) is 1. The summed E-state index contributed by atoms with van der Waals surface area (Å²) < 4.78 is 0. The second kappa shape index (κ2) is 6.03. The van der Waals surface area contributed by atoms with Crippen molar-refractivity contribution in [3.63, 3.8) is 0 Å². The van der Waals surface area contributed by atoms with Crippen molar-refractivity contribution < 1.29 is 5.11 Å². The fraction of sp³-hybridized carbons (Fsp3) is 0.250. The first kappa shape index (κ1) is 13.1. The number of aryl methyl sites for hydroxylation is 1. The second-order valence-corrected chi connectivity index (χ2v) is 4.84. The van der Waals surface area contributed by atoms with Gasteiger partial charge in [0.1, 0.15) is 0 Å². The first-order valence-electron chi connectivity index (χ1n) is 6.09. The normalized spacial score (nSPS) is 12.4. The van der Waals surface area contributed by atoms with Crippen LogP contribution in [-0.4, -0.2) is 17.1 Å². The van der Waals surface area contributed by atoms with Crippen LogP contribution in [-0.2, 0) is 6.42 Å². The van der Waals surface area contributed by atoms with Crippen molar-refractivity contribution in [2.45, 2.75) is 19.4 Å². The van der Waals surface area contributed by atoms with Crippen LogP contribution >= 0.6 is 11.6 Å². The number of alkyl halides is 1. The summed E-state index contributed by atoms with van der Waals surface area (Å²) in [6.07, 6.45) is 0.146. The van der Waals surface area contributed by atoms with E-state index in [1.807, 2.05) is 18.2 Å². The molecule has 0 amide bonds. The van der Waals surface area contributed by atoms with Crippen molar-refractivity contribution in [1.82, 2.24) is 0 Å². The molecule has 0 fully saturated rings. The van der Waals surface area contributed by atoms with E-state index in [0.717, 1.165) is 5.56 Å². The average molecular weight is 261 g/mol. The van der Waals surface area contributed by atoms with Crippen LogP contribution in [0.1, 0.15) is 11.1 Å². The highest BCUT2D eigenvalue weighted by Crippen LogP contribution is 2.24. The van der Waals surface area contributed by atoms with Gasteiger partial charge in [0.15, 0.2) is 0 Å². The van der Waals surface area contributed by atoms with Gasteiger partial charge >= 0.3 is 0 Å². The lowest BCUT2D eigenvalue weighted by Crippen LogP contribution is -2.11. The minimum Gasteiger partial charge on any atom is -0.392 e. The van der Waals surface area contributed by atoms with E-state index in [2.05, 4.69) is 37.3 Å². The Bertz CT molecular complexity index is 508. The highest BCUT2D eigenvalue weighted by molar-refractivity contribution is 6.18. The van der Waals surface area contributed by atoms with Gasteiger partial charge in [-0.05, 0) is 35.6 Å². The summed E-state index contributed by atoms with van der Waals surface area (Å²) in [5.74, 6) is 0.277. The quantitative estimate of drug-likeness (QED) is 0.829. The van der Waals surface area contributed by atoms with E-state index < -0.39 is 6.10 Å². The Morgan fingerprint density at radius 3 is 2.44 bits per heavy atom. The van der Waals surface area contributed by atoms with Crippen LogP contribution in [0.3, 0.4) is 0 Å². The van der Waals surface area contributed by atoms with Crippen LogP contribution in [0.4, 0.5) is 0 Å². The largest absolute Gasteiger partial charge is 0.392 e. The van der Waals surface area contributed by atoms with Gasteiger partial charge in [-0.3, -0.25) is 0 Å². The van der Waals surface area contributed by atoms with Crippen LogP contribution < -0.4 is 0 Å². The lowest BCUT2D eigenvalue weighted by atomic mass is 9.97. The number of aliphatic hydroxyl groups excluding tert-OH is 1. The lowest BCUT2D eigenvalue weighted by molar-refractivity contribution is 0.199. The molecule has 2 aromatic rings.